The molecule has 0 saturated carbocycles. The topological polar surface area (TPSA) is 3.01 Å². The molecule has 0 N–H and O–H groups in total. The molecule has 11 heavy (non-hydrogen) atoms. The van der Waals surface area contributed by atoms with Crippen LogP contribution in [0, 0.1) is 0 Å². The highest BCUT2D eigenvalue weighted by atomic mass is 15.3. The first-order chi connectivity index (χ1) is 5.23. The number of hydrogen-bond acceptors (Lipinski definition) is 1. The van der Waals surface area contributed by atoms with E-state index in [2.05, 4.69) is 25.7 Å². The zero-order valence-corrected chi connectivity index (χ0v) is 8.19. The highest BCUT2D eigenvalue weighted by molar-refractivity contribution is 4.92. The first kappa shape index (κ1) is 9.05. The lowest BCUT2D eigenvalue weighted by molar-refractivity contribution is 0.220. The Kier molecular flexibility index (Phi) is 2.94. The SMILES string of the molecule is CCCCC(C)(CC)N1CC1. The van der Waals surface area contributed by atoms with Crippen molar-refractivity contribution in [2.75, 3.05) is 13.1 Å². The van der Waals surface area contributed by atoms with Crippen molar-refractivity contribution in [3.63, 3.8) is 0 Å². The molecule has 1 fully saturated rings. The Bertz CT molecular complexity index is 118. The summed E-state index contributed by atoms with van der Waals surface area (Å²) in [7, 11) is 0. The molecule has 1 heterocycles. The second-order valence-corrected chi connectivity index (χ2v) is 3.94. The molecule has 1 unspecified atom stereocenters. The van der Waals surface area contributed by atoms with E-state index in [1.54, 1.807) is 0 Å². The second kappa shape index (κ2) is 3.57. The van der Waals surface area contributed by atoms with Gasteiger partial charge in [-0.2, -0.15) is 0 Å². The van der Waals surface area contributed by atoms with E-state index in [0.29, 0.717) is 5.54 Å². The summed E-state index contributed by atoms with van der Waals surface area (Å²) in [5.41, 5.74) is 0.538. The van der Waals surface area contributed by atoms with Gasteiger partial charge in [0, 0.05) is 18.6 Å². The van der Waals surface area contributed by atoms with Crippen LogP contribution >= 0.6 is 0 Å². The van der Waals surface area contributed by atoms with E-state index in [1.165, 1.54) is 38.8 Å². The summed E-state index contributed by atoms with van der Waals surface area (Å²) in [6.45, 7) is 9.68. The number of nitrogens with zero attached hydrogens (tertiary/aromatic N) is 1. The van der Waals surface area contributed by atoms with Crippen LogP contribution in [0.15, 0.2) is 0 Å². The lowest BCUT2D eigenvalue weighted by Gasteiger charge is -2.29. The molecule has 0 aromatic rings. The minimum atomic E-state index is 0.538. The van der Waals surface area contributed by atoms with E-state index >= 15 is 0 Å². The predicted octanol–water partition coefficient (Wildman–Crippen LogP) is 2.66. The van der Waals surface area contributed by atoms with Gasteiger partial charge in [-0.15, -0.1) is 0 Å². The molecule has 0 spiro atoms. The minimum Gasteiger partial charge on any atom is -0.295 e. The van der Waals surface area contributed by atoms with Gasteiger partial charge in [-0.25, -0.2) is 0 Å². The Balaban J connectivity index is 2.31. The van der Waals surface area contributed by atoms with Crippen LogP contribution in [0.5, 0.6) is 0 Å². The maximum atomic E-state index is 2.60. The normalized spacial score (nSPS) is 23.2. The number of hydrogen-bond donors (Lipinski definition) is 0. The molecule has 0 bridgehead atoms. The zero-order valence-electron chi connectivity index (χ0n) is 8.19. The van der Waals surface area contributed by atoms with Gasteiger partial charge in [0.1, 0.15) is 0 Å². The fraction of sp³-hybridized carbons (Fsp3) is 1.00. The minimum absolute atomic E-state index is 0.538. The third-order valence-electron chi connectivity index (χ3n) is 3.04. The van der Waals surface area contributed by atoms with Gasteiger partial charge in [0.15, 0.2) is 0 Å². The molecule has 1 rings (SSSR count). The lowest BCUT2D eigenvalue weighted by atomic mass is 9.92. The van der Waals surface area contributed by atoms with Crippen LogP contribution in [0.1, 0.15) is 46.5 Å². The molecule has 1 saturated heterocycles. The fourth-order valence-corrected chi connectivity index (χ4v) is 1.71. The Labute approximate surface area is 70.8 Å². The monoisotopic (exact) mass is 155 g/mol. The highest BCUT2D eigenvalue weighted by Crippen LogP contribution is 2.30. The predicted molar refractivity (Wildman–Crippen MR) is 49.8 cm³/mol. The Morgan fingerprint density at radius 1 is 1.27 bits per heavy atom. The van der Waals surface area contributed by atoms with Gasteiger partial charge in [-0.1, -0.05) is 26.7 Å². The molecule has 66 valence electrons. The Morgan fingerprint density at radius 3 is 2.27 bits per heavy atom. The van der Waals surface area contributed by atoms with Gasteiger partial charge in [0.25, 0.3) is 0 Å². The highest BCUT2D eigenvalue weighted by Gasteiger charge is 2.35. The summed E-state index contributed by atoms with van der Waals surface area (Å²) in [6, 6.07) is 0. The Morgan fingerprint density at radius 2 is 1.91 bits per heavy atom. The van der Waals surface area contributed by atoms with Crippen LogP contribution in [-0.2, 0) is 0 Å². The van der Waals surface area contributed by atoms with E-state index in [0.717, 1.165) is 0 Å². The van der Waals surface area contributed by atoms with Gasteiger partial charge in [0.05, 0.1) is 0 Å². The average Bonchev–Trinajstić information content (AvgIpc) is 2.82. The molecule has 1 nitrogen and oxygen atoms in total. The number of rotatable bonds is 5. The largest absolute Gasteiger partial charge is 0.295 e. The first-order valence-electron chi connectivity index (χ1n) is 4.98. The standard InChI is InChI=1S/C10H21N/c1-4-6-7-10(3,5-2)11-8-9-11/h4-9H2,1-3H3. The van der Waals surface area contributed by atoms with Gasteiger partial charge >= 0.3 is 0 Å². The van der Waals surface area contributed by atoms with Crippen molar-refractivity contribution in [2.24, 2.45) is 0 Å². The summed E-state index contributed by atoms with van der Waals surface area (Å²) >= 11 is 0. The number of unbranched alkanes of at least 4 members (excludes halogenated alkanes) is 1. The van der Waals surface area contributed by atoms with Crippen LogP contribution in [0.25, 0.3) is 0 Å². The molecular weight excluding hydrogens is 134 g/mol. The van der Waals surface area contributed by atoms with Gasteiger partial charge in [-0.3, -0.25) is 4.90 Å². The smallest absolute Gasteiger partial charge is 0.0179 e. The van der Waals surface area contributed by atoms with Crippen molar-refractivity contribution < 1.29 is 0 Å². The first-order valence-corrected chi connectivity index (χ1v) is 4.98. The molecule has 0 aromatic heterocycles. The maximum Gasteiger partial charge on any atom is 0.0179 e. The molecule has 0 aromatic carbocycles. The molecule has 1 aliphatic rings. The van der Waals surface area contributed by atoms with Crippen LogP contribution in [-0.4, -0.2) is 23.5 Å². The maximum absolute atomic E-state index is 2.60. The van der Waals surface area contributed by atoms with Crippen molar-refractivity contribution in [1.29, 1.82) is 0 Å². The summed E-state index contributed by atoms with van der Waals surface area (Å²) in [5.74, 6) is 0. The molecule has 0 radical (unpaired) electrons. The molecular formula is C10H21N. The average molecular weight is 155 g/mol. The van der Waals surface area contributed by atoms with Gasteiger partial charge in [-0.05, 0) is 19.8 Å². The summed E-state index contributed by atoms with van der Waals surface area (Å²) < 4.78 is 0. The molecule has 1 atom stereocenters. The van der Waals surface area contributed by atoms with E-state index in [-0.39, 0.29) is 0 Å². The third kappa shape index (κ3) is 2.19. The summed E-state index contributed by atoms with van der Waals surface area (Å²) in [4.78, 5) is 2.60. The van der Waals surface area contributed by atoms with Gasteiger partial charge in [0.2, 0.25) is 0 Å². The second-order valence-electron chi connectivity index (χ2n) is 3.94. The van der Waals surface area contributed by atoms with Crippen molar-refractivity contribution in [3.8, 4) is 0 Å². The van der Waals surface area contributed by atoms with E-state index < -0.39 is 0 Å². The molecule has 0 amide bonds. The van der Waals surface area contributed by atoms with Crippen LogP contribution in [0.4, 0.5) is 0 Å². The van der Waals surface area contributed by atoms with E-state index in [4.69, 9.17) is 0 Å². The molecule has 0 aliphatic carbocycles. The summed E-state index contributed by atoms with van der Waals surface area (Å²) in [5, 5.41) is 0. The van der Waals surface area contributed by atoms with Crippen molar-refractivity contribution in [1.82, 2.24) is 4.90 Å². The van der Waals surface area contributed by atoms with E-state index in [9.17, 15) is 0 Å². The van der Waals surface area contributed by atoms with E-state index in [1.807, 2.05) is 0 Å². The van der Waals surface area contributed by atoms with Crippen LogP contribution < -0.4 is 0 Å². The zero-order chi connectivity index (χ0) is 8.32. The van der Waals surface area contributed by atoms with Crippen LogP contribution in [0.2, 0.25) is 0 Å². The van der Waals surface area contributed by atoms with Crippen LogP contribution in [0.3, 0.4) is 0 Å². The fourth-order valence-electron chi connectivity index (χ4n) is 1.71. The summed E-state index contributed by atoms with van der Waals surface area (Å²) in [6.07, 6.45) is 5.43. The van der Waals surface area contributed by atoms with Crippen molar-refractivity contribution >= 4 is 0 Å². The van der Waals surface area contributed by atoms with Crippen molar-refractivity contribution in [2.45, 2.75) is 52.0 Å². The quantitative estimate of drug-likeness (QED) is 0.552. The third-order valence-corrected chi connectivity index (χ3v) is 3.04. The lowest BCUT2D eigenvalue weighted by Crippen LogP contribution is -2.33. The van der Waals surface area contributed by atoms with Crippen molar-refractivity contribution in [3.05, 3.63) is 0 Å². The molecule has 1 heteroatoms. The molecule has 1 aliphatic heterocycles. The van der Waals surface area contributed by atoms with Gasteiger partial charge < -0.3 is 0 Å². The Hall–Kier alpha value is -0.0400.